The maximum Gasteiger partial charge on any atom is 0.420 e. The Morgan fingerprint density at radius 1 is 1.44 bits per heavy atom. The Kier molecular flexibility index (Phi) is 4.05. The minimum absolute atomic E-state index is 0.0875. The van der Waals surface area contributed by atoms with Gasteiger partial charge in [-0.1, -0.05) is 0 Å². The molecule has 18 heavy (non-hydrogen) atoms. The van der Waals surface area contributed by atoms with Crippen molar-refractivity contribution in [1.82, 2.24) is 0 Å². The van der Waals surface area contributed by atoms with Crippen LogP contribution in [0.2, 0.25) is 0 Å². The van der Waals surface area contributed by atoms with E-state index in [1.807, 2.05) is 0 Å². The molecule has 0 aliphatic heterocycles. The lowest BCUT2D eigenvalue weighted by molar-refractivity contribution is 0.0693. The zero-order valence-electron chi connectivity index (χ0n) is 9.28. The number of thiocarbonyl (C=S) groups is 1. The number of methoxy groups -OCH3 is 1. The first-order chi connectivity index (χ1) is 8.38. The van der Waals surface area contributed by atoms with Gasteiger partial charge in [0, 0.05) is 0 Å². The number of hydrogen-bond donors (Lipinski definition) is 3. The molecule has 1 amide bonds. The number of carbonyl (C=O) groups is 2. The van der Waals surface area contributed by atoms with E-state index in [1.165, 1.54) is 6.07 Å². The maximum atomic E-state index is 11.4. The zero-order chi connectivity index (χ0) is 13.9. The van der Waals surface area contributed by atoms with E-state index in [4.69, 9.17) is 10.8 Å². The second kappa shape index (κ2) is 5.32. The lowest BCUT2D eigenvalue weighted by atomic mass is 10.1. The number of nitrogens with two attached hydrogens (primary N) is 1. The van der Waals surface area contributed by atoms with Gasteiger partial charge in [0.05, 0.1) is 12.8 Å². The van der Waals surface area contributed by atoms with Gasteiger partial charge in [-0.25, -0.2) is 14.5 Å². The van der Waals surface area contributed by atoms with E-state index in [1.54, 1.807) is 0 Å². The monoisotopic (exact) mass is 270 g/mol. The van der Waals surface area contributed by atoms with Crippen LogP contribution in [0.15, 0.2) is 18.2 Å². The number of nitrogens with zero attached hydrogens (tertiary/aromatic N) is 1. The third-order valence-electron chi connectivity index (χ3n) is 2.05. The fourth-order valence-electron chi connectivity index (χ4n) is 1.25. The van der Waals surface area contributed by atoms with Crippen molar-refractivity contribution in [3.8, 4) is 5.75 Å². The number of ether oxygens (including phenoxy) is 1. The van der Waals surface area contributed by atoms with Crippen LogP contribution in [0.25, 0.3) is 0 Å². The van der Waals surface area contributed by atoms with Crippen LogP contribution < -0.4 is 10.6 Å². The molecular formula is C10H10N2O5S. The molecule has 0 bridgehead atoms. The van der Waals surface area contributed by atoms with Gasteiger partial charge >= 0.3 is 12.1 Å². The summed E-state index contributed by atoms with van der Waals surface area (Å²) >= 11 is 4.68. The van der Waals surface area contributed by atoms with E-state index in [0.717, 1.165) is 24.1 Å². The summed E-state index contributed by atoms with van der Waals surface area (Å²) in [4.78, 5) is 23.1. The highest BCUT2D eigenvalue weighted by molar-refractivity contribution is 7.80. The summed E-state index contributed by atoms with van der Waals surface area (Å²) in [5.41, 5.74) is 5.07. The van der Waals surface area contributed by atoms with Crippen LogP contribution >= 0.6 is 12.2 Å². The SMILES string of the molecule is COC(=O)N(C(N)=S)c1ccc(O)c(C(=O)O)c1. The summed E-state index contributed by atoms with van der Waals surface area (Å²) in [6, 6.07) is 3.47. The maximum absolute atomic E-state index is 11.4. The van der Waals surface area contributed by atoms with Crippen LogP contribution in [0.4, 0.5) is 10.5 Å². The van der Waals surface area contributed by atoms with Gasteiger partial charge in [-0.05, 0) is 30.4 Å². The van der Waals surface area contributed by atoms with Gasteiger partial charge in [0.1, 0.15) is 11.3 Å². The van der Waals surface area contributed by atoms with E-state index in [2.05, 4.69) is 17.0 Å². The molecule has 7 nitrogen and oxygen atoms in total. The first-order valence-electron chi connectivity index (χ1n) is 4.62. The topological polar surface area (TPSA) is 113 Å². The van der Waals surface area contributed by atoms with Gasteiger partial charge in [-0.3, -0.25) is 0 Å². The standard InChI is InChI=1S/C10H10N2O5S/c1-17-10(16)12(9(11)18)5-2-3-7(13)6(4-5)8(14)15/h2-4,13H,1H3,(H2,11,18)(H,14,15). The lowest BCUT2D eigenvalue weighted by Gasteiger charge is -2.19. The van der Waals surface area contributed by atoms with Gasteiger partial charge < -0.3 is 20.7 Å². The Morgan fingerprint density at radius 2 is 2.06 bits per heavy atom. The average molecular weight is 270 g/mol. The molecule has 0 fully saturated rings. The third kappa shape index (κ3) is 2.66. The van der Waals surface area contributed by atoms with Gasteiger partial charge in [-0.2, -0.15) is 0 Å². The fourth-order valence-corrected chi connectivity index (χ4v) is 1.43. The summed E-state index contributed by atoms with van der Waals surface area (Å²) in [6.45, 7) is 0. The Labute approximate surface area is 107 Å². The van der Waals surface area contributed by atoms with Gasteiger partial charge in [-0.15, -0.1) is 0 Å². The van der Waals surface area contributed by atoms with Crippen LogP contribution in [-0.4, -0.2) is 34.5 Å². The molecule has 0 aliphatic carbocycles. The molecule has 8 heteroatoms. The number of hydrogen-bond acceptors (Lipinski definition) is 5. The van der Waals surface area contributed by atoms with Crippen LogP contribution in [0.5, 0.6) is 5.75 Å². The normalized spacial score (nSPS) is 9.61. The largest absolute Gasteiger partial charge is 0.507 e. The molecule has 0 atom stereocenters. The first kappa shape index (κ1) is 13.7. The molecule has 0 heterocycles. The molecule has 0 saturated heterocycles. The molecule has 1 aromatic carbocycles. The molecule has 0 radical (unpaired) electrons. The highest BCUT2D eigenvalue weighted by Gasteiger charge is 2.21. The number of benzene rings is 1. The highest BCUT2D eigenvalue weighted by Crippen LogP contribution is 2.24. The third-order valence-corrected chi connectivity index (χ3v) is 2.23. The number of aromatic hydroxyl groups is 1. The summed E-state index contributed by atoms with van der Waals surface area (Å²) in [7, 11) is 1.13. The summed E-state index contributed by atoms with van der Waals surface area (Å²) in [6.07, 6.45) is -0.857. The summed E-state index contributed by atoms with van der Waals surface area (Å²) < 4.78 is 4.47. The number of amides is 1. The Bertz CT molecular complexity index is 517. The molecule has 0 spiro atoms. The molecule has 0 aromatic heterocycles. The summed E-state index contributed by atoms with van der Waals surface area (Å²) in [5, 5.41) is 17.9. The molecule has 96 valence electrons. The number of rotatable bonds is 2. The van der Waals surface area contributed by atoms with Crippen molar-refractivity contribution in [2.45, 2.75) is 0 Å². The number of phenols is 1. The van der Waals surface area contributed by atoms with Gasteiger partial charge in [0.15, 0.2) is 5.11 Å². The van der Waals surface area contributed by atoms with Crippen molar-refractivity contribution in [1.29, 1.82) is 0 Å². The predicted molar refractivity (Wildman–Crippen MR) is 66.7 cm³/mol. The van der Waals surface area contributed by atoms with Crippen LogP contribution in [-0.2, 0) is 4.74 Å². The quantitative estimate of drug-likeness (QED) is 0.684. The Balaban J connectivity index is 3.30. The Morgan fingerprint density at radius 3 is 2.50 bits per heavy atom. The molecule has 0 unspecified atom stereocenters. The Hall–Kier alpha value is -2.35. The van der Waals surface area contributed by atoms with Gasteiger partial charge in [0.25, 0.3) is 0 Å². The van der Waals surface area contributed by atoms with E-state index in [-0.39, 0.29) is 16.4 Å². The van der Waals surface area contributed by atoms with Crippen LogP contribution in [0.3, 0.4) is 0 Å². The lowest BCUT2D eigenvalue weighted by Crippen LogP contribution is -2.40. The number of carboxylic acids is 1. The first-order valence-corrected chi connectivity index (χ1v) is 5.03. The minimum atomic E-state index is -1.35. The van der Waals surface area contributed by atoms with E-state index >= 15 is 0 Å². The smallest absolute Gasteiger partial charge is 0.420 e. The van der Waals surface area contributed by atoms with Crippen molar-refractivity contribution in [2.24, 2.45) is 5.73 Å². The van der Waals surface area contributed by atoms with Crippen LogP contribution in [0, 0.1) is 0 Å². The van der Waals surface area contributed by atoms with Crippen LogP contribution in [0.1, 0.15) is 10.4 Å². The number of carbonyl (C=O) groups excluding carboxylic acids is 1. The summed E-state index contributed by atoms with van der Waals surface area (Å²) in [5.74, 6) is -1.78. The van der Waals surface area contributed by atoms with Crippen molar-refractivity contribution in [2.75, 3.05) is 12.0 Å². The zero-order valence-corrected chi connectivity index (χ0v) is 10.1. The van der Waals surface area contributed by atoms with Crippen molar-refractivity contribution in [3.63, 3.8) is 0 Å². The number of aromatic carboxylic acids is 1. The van der Waals surface area contributed by atoms with Crippen molar-refractivity contribution >= 4 is 35.1 Å². The fraction of sp³-hybridized carbons (Fsp3) is 0.100. The van der Waals surface area contributed by atoms with E-state index < -0.39 is 17.8 Å². The predicted octanol–water partition coefficient (Wildman–Crippen LogP) is 0.907. The molecule has 1 rings (SSSR count). The molecule has 0 aliphatic rings. The number of anilines is 1. The van der Waals surface area contributed by atoms with Crippen molar-refractivity contribution in [3.05, 3.63) is 23.8 Å². The minimum Gasteiger partial charge on any atom is -0.507 e. The number of carboxylic acid groups (broad SMARTS) is 1. The van der Waals surface area contributed by atoms with E-state index in [0.29, 0.717) is 0 Å². The van der Waals surface area contributed by atoms with Crippen molar-refractivity contribution < 1.29 is 24.5 Å². The van der Waals surface area contributed by atoms with E-state index in [9.17, 15) is 14.7 Å². The van der Waals surface area contributed by atoms with Gasteiger partial charge in [0.2, 0.25) is 0 Å². The molecule has 0 saturated carbocycles. The molecule has 1 aromatic rings. The molecule has 4 N–H and O–H groups in total. The second-order valence-electron chi connectivity index (χ2n) is 3.15. The molecular weight excluding hydrogens is 260 g/mol. The average Bonchev–Trinajstić information content (AvgIpc) is 2.30. The second-order valence-corrected chi connectivity index (χ2v) is 3.57. The highest BCUT2D eigenvalue weighted by atomic mass is 32.1.